The standard InChI is InChI=1S/C9H4N2O2/c1-11-8-3-6(5-10)2-7(4-8)9(12)13/h2-4H,(H,12,13). The molecule has 0 radical (unpaired) electrons. The Morgan fingerprint density at radius 3 is 2.69 bits per heavy atom. The van der Waals surface area contributed by atoms with E-state index in [2.05, 4.69) is 4.85 Å². The van der Waals surface area contributed by atoms with Crippen molar-refractivity contribution in [1.82, 2.24) is 0 Å². The molecule has 0 aromatic heterocycles. The Balaban J connectivity index is 3.35. The van der Waals surface area contributed by atoms with Gasteiger partial charge in [0, 0.05) is 5.56 Å². The highest BCUT2D eigenvalue weighted by Gasteiger charge is 2.05. The van der Waals surface area contributed by atoms with Crippen LogP contribution in [0.5, 0.6) is 0 Å². The summed E-state index contributed by atoms with van der Waals surface area (Å²) in [6, 6.07) is 5.60. The Morgan fingerprint density at radius 2 is 2.23 bits per heavy atom. The van der Waals surface area contributed by atoms with Crippen molar-refractivity contribution in [2.75, 3.05) is 0 Å². The summed E-state index contributed by atoms with van der Waals surface area (Å²) in [6.07, 6.45) is 0. The van der Waals surface area contributed by atoms with E-state index < -0.39 is 5.97 Å². The summed E-state index contributed by atoms with van der Waals surface area (Å²) in [5.41, 5.74) is 0.312. The van der Waals surface area contributed by atoms with Crippen molar-refractivity contribution in [3.8, 4) is 6.07 Å². The number of rotatable bonds is 1. The molecule has 0 aliphatic carbocycles. The summed E-state index contributed by atoms with van der Waals surface area (Å²) in [4.78, 5) is 13.6. The third-order valence-electron chi connectivity index (χ3n) is 1.42. The number of carboxylic acids is 1. The lowest BCUT2D eigenvalue weighted by molar-refractivity contribution is 0.0697. The minimum absolute atomic E-state index is 0.0370. The van der Waals surface area contributed by atoms with Gasteiger partial charge in [-0.15, -0.1) is 0 Å². The van der Waals surface area contributed by atoms with Gasteiger partial charge in [-0.25, -0.2) is 9.64 Å². The van der Waals surface area contributed by atoms with Gasteiger partial charge in [-0.05, 0) is 18.2 Å². The van der Waals surface area contributed by atoms with Crippen molar-refractivity contribution in [2.24, 2.45) is 0 Å². The fourth-order valence-corrected chi connectivity index (χ4v) is 0.864. The van der Waals surface area contributed by atoms with Crippen LogP contribution < -0.4 is 0 Å². The molecule has 0 saturated heterocycles. The van der Waals surface area contributed by atoms with Crippen molar-refractivity contribution in [1.29, 1.82) is 5.26 Å². The van der Waals surface area contributed by atoms with Gasteiger partial charge in [-0.3, -0.25) is 0 Å². The number of hydrogen-bond donors (Lipinski definition) is 1. The number of nitriles is 1. The molecule has 0 unspecified atom stereocenters. The van der Waals surface area contributed by atoms with Gasteiger partial charge in [-0.2, -0.15) is 5.26 Å². The van der Waals surface area contributed by atoms with Crippen LogP contribution in [0.3, 0.4) is 0 Å². The molecule has 0 atom stereocenters. The summed E-state index contributed by atoms with van der Waals surface area (Å²) < 4.78 is 0. The van der Waals surface area contributed by atoms with Gasteiger partial charge in [0.25, 0.3) is 0 Å². The predicted octanol–water partition coefficient (Wildman–Crippen LogP) is 1.81. The molecule has 1 aromatic rings. The molecular weight excluding hydrogens is 168 g/mol. The Morgan fingerprint density at radius 1 is 1.54 bits per heavy atom. The van der Waals surface area contributed by atoms with Crippen LogP contribution in [0.1, 0.15) is 15.9 Å². The molecule has 62 valence electrons. The maximum Gasteiger partial charge on any atom is 0.334 e. The van der Waals surface area contributed by atoms with E-state index in [-0.39, 0.29) is 16.8 Å². The van der Waals surface area contributed by atoms with Gasteiger partial charge < -0.3 is 5.11 Å². The average Bonchev–Trinajstić information content (AvgIpc) is 2.16. The zero-order chi connectivity index (χ0) is 9.84. The van der Waals surface area contributed by atoms with Crippen LogP contribution in [0.2, 0.25) is 0 Å². The monoisotopic (exact) mass is 172 g/mol. The third-order valence-corrected chi connectivity index (χ3v) is 1.42. The van der Waals surface area contributed by atoms with Crippen LogP contribution >= 0.6 is 0 Å². The van der Waals surface area contributed by atoms with Crippen LogP contribution in [-0.2, 0) is 0 Å². The molecular formula is C9H4N2O2. The molecule has 0 spiro atoms. The lowest BCUT2D eigenvalue weighted by atomic mass is 10.1. The minimum Gasteiger partial charge on any atom is -0.478 e. The molecule has 0 heterocycles. The van der Waals surface area contributed by atoms with Gasteiger partial charge in [-0.1, -0.05) is 0 Å². The Labute approximate surface area is 74.5 Å². The minimum atomic E-state index is -1.14. The van der Waals surface area contributed by atoms with E-state index >= 15 is 0 Å². The molecule has 0 aliphatic heterocycles. The molecule has 0 amide bonds. The van der Waals surface area contributed by atoms with Crippen LogP contribution in [0.15, 0.2) is 18.2 Å². The van der Waals surface area contributed by atoms with E-state index in [0.29, 0.717) is 0 Å². The number of hydrogen-bond acceptors (Lipinski definition) is 2. The molecule has 1 aromatic carbocycles. The maximum atomic E-state index is 10.5. The highest BCUT2D eigenvalue weighted by molar-refractivity contribution is 5.89. The molecule has 0 bridgehead atoms. The van der Waals surface area contributed by atoms with E-state index in [1.54, 1.807) is 6.07 Å². The molecule has 13 heavy (non-hydrogen) atoms. The first kappa shape index (κ1) is 8.76. The van der Waals surface area contributed by atoms with Gasteiger partial charge in [0.1, 0.15) is 0 Å². The molecule has 1 N–H and O–H groups in total. The van der Waals surface area contributed by atoms with Crippen LogP contribution in [0.4, 0.5) is 5.69 Å². The average molecular weight is 172 g/mol. The Bertz CT molecular complexity index is 406. The zero-order valence-corrected chi connectivity index (χ0v) is 6.48. The second-order valence-electron chi connectivity index (χ2n) is 2.30. The van der Waals surface area contributed by atoms with E-state index in [9.17, 15) is 4.79 Å². The smallest absolute Gasteiger partial charge is 0.334 e. The van der Waals surface area contributed by atoms with Crippen LogP contribution in [0.25, 0.3) is 4.85 Å². The number of nitrogens with zero attached hydrogens (tertiary/aromatic N) is 2. The lowest BCUT2D eigenvalue weighted by Crippen LogP contribution is -1.95. The normalized spacial score (nSPS) is 8.46. The lowest BCUT2D eigenvalue weighted by Gasteiger charge is -1.95. The number of aromatic carboxylic acids is 1. The van der Waals surface area contributed by atoms with Crippen molar-refractivity contribution in [3.05, 3.63) is 40.7 Å². The first-order valence-corrected chi connectivity index (χ1v) is 3.33. The van der Waals surface area contributed by atoms with Crippen LogP contribution in [-0.4, -0.2) is 11.1 Å². The summed E-state index contributed by atoms with van der Waals surface area (Å²) in [5.74, 6) is -1.14. The fourth-order valence-electron chi connectivity index (χ4n) is 0.864. The second kappa shape index (κ2) is 3.38. The van der Waals surface area contributed by atoms with Crippen molar-refractivity contribution >= 4 is 11.7 Å². The molecule has 0 saturated carbocycles. The van der Waals surface area contributed by atoms with E-state index in [1.807, 2.05) is 0 Å². The number of carboxylic acid groups (broad SMARTS) is 1. The topological polar surface area (TPSA) is 65.5 Å². The first-order valence-electron chi connectivity index (χ1n) is 3.33. The third kappa shape index (κ3) is 1.82. The van der Waals surface area contributed by atoms with Gasteiger partial charge in [0.2, 0.25) is 0 Å². The van der Waals surface area contributed by atoms with E-state index in [1.165, 1.54) is 18.2 Å². The quantitative estimate of drug-likeness (QED) is 0.657. The first-order chi connectivity index (χ1) is 6.17. The molecule has 4 heteroatoms. The molecule has 1 rings (SSSR count). The summed E-state index contributed by atoms with van der Waals surface area (Å²) >= 11 is 0. The summed E-state index contributed by atoms with van der Waals surface area (Å²) in [7, 11) is 0. The largest absolute Gasteiger partial charge is 0.478 e. The Hall–Kier alpha value is -2.33. The van der Waals surface area contributed by atoms with Gasteiger partial charge in [0.15, 0.2) is 5.69 Å². The van der Waals surface area contributed by atoms with Crippen molar-refractivity contribution in [2.45, 2.75) is 0 Å². The Kier molecular flexibility index (Phi) is 2.28. The second-order valence-corrected chi connectivity index (χ2v) is 2.30. The molecule has 4 nitrogen and oxygen atoms in total. The number of benzene rings is 1. The van der Waals surface area contributed by atoms with Crippen molar-refractivity contribution < 1.29 is 9.90 Å². The number of carbonyl (C=O) groups is 1. The van der Waals surface area contributed by atoms with Gasteiger partial charge >= 0.3 is 5.97 Å². The van der Waals surface area contributed by atoms with E-state index in [0.717, 1.165) is 0 Å². The maximum absolute atomic E-state index is 10.5. The molecule has 0 fully saturated rings. The van der Waals surface area contributed by atoms with Gasteiger partial charge in [0.05, 0.1) is 18.2 Å². The molecule has 0 aliphatic rings. The highest BCUT2D eigenvalue weighted by Crippen LogP contribution is 2.17. The predicted molar refractivity (Wildman–Crippen MR) is 44.4 cm³/mol. The fraction of sp³-hybridized carbons (Fsp3) is 0. The van der Waals surface area contributed by atoms with Crippen LogP contribution in [0, 0.1) is 17.9 Å². The highest BCUT2D eigenvalue weighted by atomic mass is 16.4. The summed E-state index contributed by atoms with van der Waals surface area (Å²) in [6.45, 7) is 6.68. The van der Waals surface area contributed by atoms with Crippen molar-refractivity contribution in [3.63, 3.8) is 0 Å². The SMILES string of the molecule is [C-]#[N+]c1cc(C#N)cc(C(=O)O)c1. The zero-order valence-electron chi connectivity index (χ0n) is 6.48. The van der Waals surface area contributed by atoms with E-state index in [4.69, 9.17) is 16.9 Å². The summed E-state index contributed by atoms with van der Waals surface area (Å²) in [5, 5.41) is 17.1.